The molecule has 1 heterocycles. The van der Waals surface area contributed by atoms with E-state index in [0.29, 0.717) is 0 Å². The smallest absolute Gasteiger partial charge is 0.137 e. The van der Waals surface area contributed by atoms with Crippen LogP contribution in [0, 0.1) is 0 Å². The van der Waals surface area contributed by atoms with Crippen molar-refractivity contribution < 1.29 is 4.42 Å². The van der Waals surface area contributed by atoms with Gasteiger partial charge in [-0.1, -0.05) is 127 Å². The van der Waals surface area contributed by atoms with Crippen molar-refractivity contribution in [1.82, 2.24) is 0 Å². The van der Waals surface area contributed by atoms with Crippen LogP contribution in [-0.2, 0) is 0 Å². The Balaban J connectivity index is 1.47. The van der Waals surface area contributed by atoms with Gasteiger partial charge >= 0.3 is 0 Å². The normalized spacial score (nSPS) is 11.3. The van der Waals surface area contributed by atoms with Crippen molar-refractivity contribution in [2.24, 2.45) is 0 Å². The molecule has 0 aliphatic carbocycles. The summed E-state index contributed by atoms with van der Waals surface area (Å²) in [5, 5.41) is 5.97. The third-order valence-electron chi connectivity index (χ3n) is 8.05. The highest BCUT2D eigenvalue weighted by Crippen LogP contribution is 2.48. The van der Waals surface area contributed by atoms with E-state index in [4.69, 9.17) is 4.42 Å². The molecule has 0 saturated carbocycles. The summed E-state index contributed by atoms with van der Waals surface area (Å²) in [4.78, 5) is 2.42. The van der Waals surface area contributed by atoms with Crippen molar-refractivity contribution in [3.8, 4) is 22.5 Å². The number of fused-ring (bicyclic) bond motifs is 4. The van der Waals surface area contributed by atoms with Gasteiger partial charge < -0.3 is 9.32 Å². The van der Waals surface area contributed by atoms with E-state index in [0.717, 1.165) is 44.9 Å². The lowest BCUT2D eigenvalue weighted by Gasteiger charge is -2.31. The molecule has 0 radical (unpaired) electrons. The number of hydrogen-bond acceptors (Lipinski definition) is 2. The molecule has 8 aromatic rings. The standard InChI is InChI=1S/C40H27NO/c1-2-14-28(15-3-1)32-19-9-11-23-36(32)41(38-26-29-16-4-6-18-31(29)33-20-7-8-21-34(33)38)37-24-12-10-22-35(37)40-27-30-17-5-13-25-39(30)42-40/h1-27H. The Hall–Kier alpha value is -5.60. The summed E-state index contributed by atoms with van der Waals surface area (Å²) < 4.78 is 6.46. The topological polar surface area (TPSA) is 16.4 Å². The van der Waals surface area contributed by atoms with E-state index in [9.17, 15) is 0 Å². The van der Waals surface area contributed by atoms with E-state index in [2.05, 4.69) is 157 Å². The first-order valence-electron chi connectivity index (χ1n) is 14.3. The molecule has 7 aromatic carbocycles. The van der Waals surface area contributed by atoms with Gasteiger partial charge in [-0.3, -0.25) is 0 Å². The summed E-state index contributed by atoms with van der Waals surface area (Å²) in [6.07, 6.45) is 0. The van der Waals surface area contributed by atoms with E-state index in [1.54, 1.807) is 0 Å². The van der Waals surface area contributed by atoms with Gasteiger partial charge in [-0.2, -0.15) is 0 Å². The quantitative estimate of drug-likeness (QED) is 0.203. The van der Waals surface area contributed by atoms with Crippen LogP contribution in [0.2, 0.25) is 0 Å². The van der Waals surface area contributed by atoms with Gasteiger partial charge in [0, 0.05) is 21.9 Å². The fraction of sp³-hybridized carbons (Fsp3) is 0. The zero-order chi connectivity index (χ0) is 27.9. The zero-order valence-corrected chi connectivity index (χ0v) is 22.9. The molecule has 0 amide bonds. The predicted molar refractivity (Wildman–Crippen MR) is 177 cm³/mol. The Morgan fingerprint density at radius 3 is 1.74 bits per heavy atom. The number of hydrogen-bond donors (Lipinski definition) is 0. The van der Waals surface area contributed by atoms with E-state index in [1.807, 2.05) is 12.1 Å². The third kappa shape index (κ3) is 4.05. The lowest BCUT2D eigenvalue weighted by atomic mass is 9.96. The van der Waals surface area contributed by atoms with Crippen LogP contribution >= 0.6 is 0 Å². The molecule has 0 unspecified atom stereocenters. The van der Waals surface area contributed by atoms with Crippen molar-refractivity contribution in [2.45, 2.75) is 0 Å². The van der Waals surface area contributed by atoms with Gasteiger partial charge in [0.15, 0.2) is 0 Å². The highest BCUT2D eigenvalue weighted by Gasteiger charge is 2.23. The molecular formula is C40H27NO. The van der Waals surface area contributed by atoms with Gasteiger partial charge in [0.05, 0.1) is 17.1 Å². The maximum atomic E-state index is 6.46. The first kappa shape index (κ1) is 24.2. The maximum absolute atomic E-state index is 6.46. The number of benzene rings is 7. The van der Waals surface area contributed by atoms with Crippen LogP contribution in [0.4, 0.5) is 17.1 Å². The molecule has 0 aliphatic rings. The van der Waals surface area contributed by atoms with Crippen LogP contribution in [0.1, 0.15) is 0 Å². The number of anilines is 3. The minimum atomic E-state index is 0.846. The summed E-state index contributed by atoms with van der Waals surface area (Å²) in [7, 11) is 0. The van der Waals surface area contributed by atoms with E-state index >= 15 is 0 Å². The van der Waals surface area contributed by atoms with Crippen LogP contribution in [0.5, 0.6) is 0 Å². The first-order chi connectivity index (χ1) is 20.8. The first-order valence-corrected chi connectivity index (χ1v) is 14.3. The Bertz CT molecular complexity index is 2180. The Labute approximate surface area is 244 Å². The molecule has 8 rings (SSSR count). The second kappa shape index (κ2) is 10.1. The van der Waals surface area contributed by atoms with E-state index in [1.165, 1.54) is 27.1 Å². The minimum absolute atomic E-state index is 0.846. The molecule has 198 valence electrons. The van der Waals surface area contributed by atoms with Crippen molar-refractivity contribution >= 4 is 49.6 Å². The number of furan rings is 1. The minimum Gasteiger partial charge on any atom is -0.456 e. The van der Waals surface area contributed by atoms with Crippen molar-refractivity contribution in [3.05, 3.63) is 164 Å². The van der Waals surface area contributed by atoms with Crippen LogP contribution in [0.25, 0.3) is 55.0 Å². The lowest BCUT2D eigenvalue weighted by molar-refractivity contribution is 0.631. The average Bonchev–Trinajstić information content (AvgIpc) is 3.50. The largest absolute Gasteiger partial charge is 0.456 e. The van der Waals surface area contributed by atoms with E-state index in [-0.39, 0.29) is 0 Å². The van der Waals surface area contributed by atoms with E-state index < -0.39 is 0 Å². The number of para-hydroxylation sites is 3. The third-order valence-corrected chi connectivity index (χ3v) is 8.05. The zero-order valence-electron chi connectivity index (χ0n) is 22.9. The summed E-state index contributed by atoms with van der Waals surface area (Å²) in [5.74, 6) is 0.846. The Kier molecular flexibility index (Phi) is 5.82. The fourth-order valence-electron chi connectivity index (χ4n) is 6.13. The Morgan fingerprint density at radius 2 is 0.952 bits per heavy atom. The molecule has 0 atom stereocenters. The molecule has 2 heteroatoms. The molecule has 0 N–H and O–H groups in total. The summed E-state index contributed by atoms with van der Waals surface area (Å²) >= 11 is 0. The molecule has 2 nitrogen and oxygen atoms in total. The average molecular weight is 538 g/mol. The van der Waals surface area contributed by atoms with Gasteiger partial charge in [-0.15, -0.1) is 0 Å². The SMILES string of the molecule is c1ccc(-c2ccccc2N(c2ccccc2-c2cc3ccccc3o2)c2cc3ccccc3c3ccccc23)cc1. The number of rotatable bonds is 5. The second-order valence-corrected chi connectivity index (χ2v) is 10.5. The van der Waals surface area contributed by atoms with Gasteiger partial charge in [0.1, 0.15) is 11.3 Å². The summed E-state index contributed by atoms with van der Waals surface area (Å²) in [6.45, 7) is 0. The summed E-state index contributed by atoms with van der Waals surface area (Å²) in [6, 6.07) is 57.9. The predicted octanol–water partition coefficient (Wildman–Crippen LogP) is 11.5. The van der Waals surface area contributed by atoms with Gasteiger partial charge in [-0.25, -0.2) is 0 Å². The van der Waals surface area contributed by atoms with Gasteiger partial charge in [0.25, 0.3) is 0 Å². The van der Waals surface area contributed by atoms with Crippen molar-refractivity contribution in [2.75, 3.05) is 4.90 Å². The molecule has 0 aliphatic heterocycles. The monoisotopic (exact) mass is 537 g/mol. The summed E-state index contributed by atoms with van der Waals surface area (Å²) in [5.41, 5.74) is 7.53. The molecule has 0 bridgehead atoms. The van der Waals surface area contributed by atoms with Crippen LogP contribution in [0.3, 0.4) is 0 Å². The number of nitrogens with zero attached hydrogens (tertiary/aromatic N) is 1. The van der Waals surface area contributed by atoms with Crippen LogP contribution < -0.4 is 4.90 Å². The molecule has 0 spiro atoms. The van der Waals surface area contributed by atoms with Gasteiger partial charge in [-0.05, 0) is 58.1 Å². The molecule has 0 saturated heterocycles. The Morgan fingerprint density at radius 1 is 0.381 bits per heavy atom. The molecule has 1 aromatic heterocycles. The lowest BCUT2D eigenvalue weighted by Crippen LogP contribution is -2.13. The van der Waals surface area contributed by atoms with Crippen molar-refractivity contribution in [3.63, 3.8) is 0 Å². The highest BCUT2D eigenvalue weighted by molar-refractivity contribution is 6.15. The van der Waals surface area contributed by atoms with Crippen LogP contribution in [-0.4, -0.2) is 0 Å². The van der Waals surface area contributed by atoms with Crippen molar-refractivity contribution in [1.29, 1.82) is 0 Å². The molecule has 0 fully saturated rings. The second-order valence-electron chi connectivity index (χ2n) is 10.5. The molecular weight excluding hydrogens is 510 g/mol. The van der Waals surface area contributed by atoms with Crippen LogP contribution in [0.15, 0.2) is 168 Å². The fourth-order valence-corrected chi connectivity index (χ4v) is 6.13. The maximum Gasteiger partial charge on any atom is 0.137 e. The molecule has 42 heavy (non-hydrogen) atoms. The van der Waals surface area contributed by atoms with Gasteiger partial charge in [0.2, 0.25) is 0 Å². The highest BCUT2D eigenvalue weighted by atomic mass is 16.3.